The number of nitrogens with zero attached hydrogens (tertiary/aromatic N) is 1. The summed E-state index contributed by atoms with van der Waals surface area (Å²) in [7, 11) is 0. The second-order valence-electron chi connectivity index (χ2n) is 14.0. The molecule has 0 bridgehead atoms. The molecule has 3 atom stereocenters. The van der Waals surface area contributed by atoms with Gasteiger partial charge in [-0.3, -0.25) is 9.59 Å². The van der Waals surface area contributed by atoms with Crippen LogP contribution in [0.3, 0.4) is 0 Å². The van der Waals surface area contributed by atoms with Crippen molar-refractivity contribution in [3.05, 3.63) is 119 Å². The van der Waals surface area contributed by atoms with Crippen molar-refractivity contribution in [2.24, 2.45) is 0 Å². The molecule has 0 radical (unpaired) electrons. The highest BCUT2D eigenvalue weighted by Crippen LogP contribution is 2.39. The van der Waals surface area contributed by atoms with Crippen LogP contribution in [0.15, 0.2) is 97.1 Å². The maximum Gasteiger partial charge on any atom is 0.224 e. The number of aliphatic hydroxyl groups is 1. The quantitative estimate of drug-likeness (QED) is 0.0740. The first-order chi connectivity index (χ1) is 25.4. The Morgan fingerprint density at radius 1 is 0.769 bits per heavy atom. The highest BCUT2D eigenvalue weighted by atomic mass is 16.7. The minimum absolute atomic E-state index is 0.00193. The number of amides is 2. The van der Waals surface area contributed by atoms with E-state index in [0.717, 1.165) is 65.9 Å². The second-order valence-corrected chi connectivity index (χ2v) is 14.0. The van der Waals surface area contributed by atoms with Crippen LogP contribution in [-0.2, 0) is 32.2 Å². The van der Waals surface area contributed by atoms with Crippen LogP contribution in [0.5, 0.6) is 0 Å². The number of anilines is 2. The summed E-state index contributed by atoms with van der Waals surface area (Å²) in [5, 5.41) is 15.5. The van der Waals surface area contributed by atoms with Gasteiger partial charge in [-0.1, -0.05) is 97.8 Å². The lowest BCUT2D eigenvalue weighted by Gasteiger charge is -2.39. The van der Waals surface area contributed by atoms with E-state index < -0.39 is 6.29 Å². The fourth-order valence-electron chi connectivity index (χ4n) is 7.09. The number of unbranched alkanes of at least 4 members (excludes halogenated alkanes) is 2. The Balaban J connectivity index is 1.02. The Morgan fingerprint density at radius 2 is 1.46 bits per heavy atom. The Kier molecular flexibility index (Phi) is 13.5. The summed E-state index contributed by atoms with van der Waals surface area (Å²) >= 11 is 0. The van der Waals surface area contributed by atoms with Crippen molar-refractivity contribution < 1.29 is 24.2 Å². The van der Waals surface area contributed by atoms with Crippen molar-refractivity contribution in [3.63, 3.8) is 0 Å². The lowest BCUT2D eigenvalue weighted by Crippen LogP contribution is -2.41. The lowest BCUT2D eigenvalue weighted by molar-refractivity contribution is -0.253. The Bertz CT molecular complexity index is 1740. The molecule has 4 aromatic rings. The smallest absolute Gasteiger partial charge is 0.224 e. The van der Waals surface area contributed by atoms with Gasteiger partial charge in [-0.15, -0.1) is 0 Å². The molecule has 0 spiro atoms. The number of nitrogens with one attached hydrogen (secondary N) is 2. The van der Waals surface area contributed by atoms with Gasteiger partial charge in [0.2, 0.25) is 11.8 Å². The predicted molar refractivity (Wildman–Crippen MR) is 205 cm³/mol. The number of hydrogen-bond donors (Lipinski definition) is 4. The molecule has 2 amide bonds. The van der Waals surface area contributed by atoms with Gasteiger partial charge in [0, 0.05) is 37.9 Å². The number of hydrogen-bond acceptors (Lipinski definition) is 7. The standard InChI is InChI=1S/C43H52N4O5/c44-38-13-7-8-14-39(38)46-42(50)16-4-1-3-15-41(49)45-28-35-11-5-6-12-37(35)32-21-23-34(24-22-32)43-51-36(29-47-25-9-2-10-26-47)27-40(52-43)33-19-17-31(30-48)18-20-33/h5-8,11-14,17-24,36,40,43,48H,1-4,9-10,15-16,25-30,44H2,(H,45,49)(H,46,50)/t36-,40+,43+/m0/s1. The predicted octanol–water partition coefficient (Wildman–Crippen LogP) is 7.66. The summed E-state index contributed by atoms with van der Waals surface area (Å²) in [6.45, 7) is 3.57. The van der Waals surface area contributed by atoms with E-state index in [0.29, 0.717) is 43.6 Å². The molecule has 274 valence electrons. The zero-order valence-corrected chi connectivity index (χ0v) is 30.0. The van der Waals surface area contributed by atoms with Gasteiger partial charge in [0.25, 0.3) is 0 Å². The molecule has 0 saturated carbocycles. The first-order valence-corrected chi connectivity index (χ1v) is 18.8. The summed E-state index contributed by atoms with van der Waals surface area (Å²) in [6.07, 6.45) is 7.01. The maximum atomic E-state index is 12.7. The van der Waals surface area contributed by atoms with E-state index in [2.05, 4.69) is 58.0 Å². The monoisotopic (exact) mass is 704 g/mol. The normalized spacial score (nSPS) is 19.2. The van der Waals surface area contributed by atoms with Crippen molar-refractivity contribution >= 4 is 23.2 Å². The van der Waals surface area contributed by atoms with Crippen LogP contribution < -0.4 is 16.4 Å². The lowest BCUT2D eigenvalue weighted by atomic mass is 9.97. The van der Waals surface area contributed by atoms with Crippen molar-refractivity contribution in [2.45, 2.75) is 89.4 Å². The first-order valence-electron chi connectivity index (χ1n) is 18.8. The number of aliphatic hydroxyl groups excluding tert-OH is 1. The first kappa shape index (κ1) is 37.2. The fourth-order valence-corrected chi connectivity index (χ4v) is 7.09. The van der Waals surface area contributed by atoms with Gasteiger partial charge in [-0.2, -0.15) is 0 Å². The van der Waals surface area contributed by atoms with Crippen molar-refractivity contribution in [2.75, 3.05) is 30.7 Å². The summed E-state index contributed by atoms with van der Waals surface area (Å²) in [5.74, 6) is -0.0740. The molecule has 9 nitrogen and oxygen atoms in total. The summed E-state index contributed by atoms with van der Waals surface area (Å²) in [4.78, 5) is 27.5. The third-order valence-electron chi connectivity index (χ3n) is 10.1. The molecular formula is C43H52N4O5. The van der Waals surface area contributed by atoms with Crippen molar-refractivity contribution in [1.82, 2.24) is 10.2 Å². The van der Waals surface area contributed by atoms with E-state index in [1.807, 2.05) is 42.5 Å². The van der Waals surface area contributed by atoms with Crippen LogP contribution in [0.25, 0.3) is 11.1 Å². The van der Waals surface area contributed by atoms with Crippen LogP contribution in [0.4, 0.5) is 11.4 Å². The fraction of sp³-hybridized carbons (Fsp3) is 0.395. The van der Waals surface area contributed by atoms with Gasteiger partial charge < -0.3 is 35.8 Å². The number of nitrogens with two attached hydrogens (primary N) is 1. The van der Waals surface area contributed by atoms with E-state index in [4.69, 9.17) is 15.2 Å². The Labute approximate surface area is 307 Å². The van der Waals surface area contributed by atoms with Gasteiger partial charge in [-0.25, -0.2) is 0 Å². The molecule has 6 rings (SSSR count). The van der Waals surface area contributed by atoms with Gasteiger partial charge in [0.15, 0.2) is 6.29 Å². The number of likely N-dealkylation sites (tertiary alicyclic amines) is 1. The molecule has 2 fully saturated rings. The number of carbonyl (C=O) groups is 2. The van der Waals surface area contributed by atoms with Crippen LogP contribution in [0.2, 0.25) is 0 Å². The van der Waals surface area contributed by atoms with Gasteiger partial charge in [-0.05, 0) is 78.7 Å². The molecule has 9 heteroatoms. The number of nitrogen functional groups attached to an aromatic ring is 1. The summed E-state index contributed by atoms with van der Waals surface area (Å²) in [6, 6.07) is 31.8. The number of carbonyl (C=O) groups excluding carboxylic acids is 2. The zero-order chi connectivity index (χ0) is 36.1. The van der Waals surface area contributed by atoms with Crippen LogP contribution in [0.1, 0.15) is 92.4 Å². The zero-order valence-electron chi connectivity index (χ0n) is 30.0. The summed E-state index contributed by atoms with van der Waals surface area (Å²) in [5.41, 5.74) is 13.2. The maximum absolute atomic E-state index is 12.7. The van der Waals surface area contributed by atoms with Gasteiger partial charge in [0.1, 0.15) is 0 Å². The highest BCUT2D eigenvalue weighted by molar-refractivity contribution is 5.93. The Morgan fingerprint density at radius 3 is 2.21 bits per heavy atom. The van der Waals surface area contributed by atoms with E-state index in [1.54, 1.807) is 12.1 Å². The molecule has 52 heavy (non-hydrogen) atoms. The van der Waals surface area contributed by atoms with E-state index in [-0.39, 0.29) is 30.6 Å². The van der Waals surface area contributed by atoms with Crippen LogP contribution >= 0.6 is 0 Å². The number of piperidine rings is 1. The summed E-state index contributed by atoms with van der Waals surface area (Å²) < 4.78 is 13.2. The largest absolute Gasteiger partial charge is 0.397 e. The molecule has 2 aliphatic rings. The molecule has 2 aliphatic heterocycles. The Hall–Kier alpha value is -4.54. The third kappa shape index (κ3) is 10.5. The van der Waals surface area contributed by atoms with Crippen LogP contribution in [0, 0.1) is 0 Å². The minimum Gasteiger partial charge on any atom is -0.397 e. The molecule has 2 saturated heterocycles. The highest BCUT2D eigenvalue weighted by Gasteiger charge is 2.33. The molecule has 4 aromatic carbocycles. The average Bonchev–Trinajstić information content (AvgIpc) is 3.18. The number of benzene rings is 4. The third-order valence-corrected chi connectivity index (χ3v) is 10.1. The number of ether oxygens (including phenoxy) is 2. The van der Waals surface area contributed by atoms with Crippen molar-refractivity contribution in [1.29, 1.82) is 0 Å². The van der Waals surface area contributed by atoms with Gasteiger partial charge >= 0.3 is 0 Å². The second kappa shape index (κ2) is 18.8. The molecule has 5 N–H and O–H groups in total. The topological polar surface area (TPSA) is 126 Å². The average molecular weight is 705 g/mol. The van der Waals surface area contributed by atoms with Crippen molar-refractivity contribution in [3.8, 4) is 11.1 Å². The SMILES string of the molecule is Nc1ccccc1NC(=O)CCCCCC(=O)NCc1ccccc1-c1ccc([C@@H]2O[C@H](CN3CCCCC3)C[C@H](c3ccc(CO)cc3)O2)cc1. The molecule has 0 unspecified atom stereocenters. The minimum atomic E-state index is -0.494. The van der Waals surface area contributed by atoms with Gasteiger partial charge in [0.05, 0.1) is 30.2 Å². The molecular weight excluding hydrogens is 652 g/mol. The molecule has 0 aromatic heterocycles. The molecule has 2 heterocycles. The van der Waals surface area contributed by atoms with E-state index in [1.165, 1.54) is 19.3 Å². The molecule has 0 aliphatic carbocycles. The van der Waals surface area contributed by atoms with E-state index in [9.17, 15) is 14.7 Å². The van der Waals surface area contributed by atoms with E-state index >= 15 is 0 Å². The number of rotatable bonds is 15. The van der Waals surface area contributed by atoms with Crippen LogP contribution in [-0.4, -0.2) is 47.6 Å². The number of para-hydroxylation sites is 2.